The number of nitrogens with one attached hydrogen (secondary N) is 1. The summed E-state index contributed by atoms with van der Waals surface area (Å²) in [6.45, 7) is 3.92. The summed E-state index contributed by atoms with van der Waals surface area (Å²) in [5.41, 5.74) is 0.484. The van der Waals surface area contributed by atoms with E-state index in [0.29, 0.717) is 12.1 Å². The first-order valence-corrected chi connectivity index (χ1v) is 10.7. The predicted octanol–water partition coefficient (Wildman–Crippen LogP) is 2.72. The van der Waals surface area contributed by atoms with Gasteiger partial charge in [-0.25, -0.2) is 13.1 Å². The van der Waals surface area contributed by atoms with Crippen LogP contribution in [0.4, 0.5) is 0 Å². The minimum Gasteiger partial charge on any atom is -0.339 e. The Morgan fingerprint density at radius 3 is 2.61 bits per heavy atom. The van der Waals surface area contributed by atoms with Crippen molar-refractivity contribution in [2.45, 2.75) is 42.4 Å². The highest BCUT2D eigenvalue weighted by Crippen LogP contribution is 2.26. The van der Waals surface area contributed by atoms with Crippen LogP contribution in [0.3, 0.4) is 0 Å². The van der Waals surface area contributed by atoms with Crippen LogP contribution < -0.4 is 4.72 Å². The Kier molecular flexibility index (Phi) is 6.50. The van der Waals surface area contributed by atoms with Crippen LogP contribution in [0.1, 0.15) is 43.0 Å². The van der Waals surface area contributed by atoms with E-state index in [4.69, 9.17) is 0 Å². The number of thioether (sulfide) groups is 1. The van der Waals surface area contributed by atoms with Crippen LogP contribution in [0.15, 0.2) is 28.0 Å². The van der Waals surface area contributed by atoms with E-state index in [-0.39, 0.29) is 10.8 Å². The summed E-state index contributed by atoms with van der Waals surface area (Å²) in [4.78, 5) is 15.4. The number of carbonyl (C=O) groups is 1. The molecule has 1 N–H and O–H groups in total. The maximum Gasteiger partial charge on any atom is 0.255 e. The summed E-state index contributed by atoms with van der Waals surface area (Å²) in [5.74, 6) is -0.0718. The zero-order valence-electron chi connectivity index (χ0n) is 13.7. The number of likely N-dealkylation sites (tertiary alicyclic amines) is 1. The van der Waals surface area contributed by atoms with Crippen molar-refractivity contribution in [2.24, 2.45) is 0 Å². The van der Waals surface area contributed by atoms with Crippen molar-refractivity contribution in [2.75, 3.05) is 25.9 Å². The Labute approximate surface area is 142 Å². The standard InChI is InChI=1S/C16H24N2O3S2/c1-3-4-9-17-23(20,21)13-7-8-15(22-2)14(12-13)16(19)18-10-5-6-11-18/h7-8,12,17H,3-6,9-11H2,1-2H3. The normalized spacial score (nSPS) is 15.1. The Hall–Kier alpha value is -1.05. The molecule has 5 nitrogen and oxygen atoms in total. The van der Waals surface area contributed by atoms with E-state index in [2.05, 4.69) is 4.72 Å². The van der Waals surface area contributed by atoms with Crippen LogP contribution in [-0.2, 0) is 10.0 Å². The van der Waals surface area contributed by atoms with E-state index in [1.807, 2.05) is 13.2 Å². The van der Waals surface area contributed by atoms with Crippen LogP contribution in [0.2, 0.25) is 0 Å². The second kappa shape index (κ2) is 8.17. The van der Waals surface area contributed by atoms with Crippen LogP contribution in [0.5, 0.6) is 0 Å². The molecule has 0 spiro atoms. The molecule has 0 bridgehead atoms. The quantitative estimate of drug-likeness (QED) is 0.602. The zero-order chi connectivity index (χ0) is 16.9. The molecule has 1 fully saturated rings. The highest BCUT2D eigenvalue weighted by Gasteiger charge is 2.24. The number of hydrogen-bond donors (Lipinski definition) is 1. The number of benzene rings is 1. The van der Waals surface area contributed by atoms with Gasteiger partial charge in [0, 0.05) is 24.5 Å². The molecule has 7 heteroatoms. The highest BCUT2D eigenvalue weighted by molar-refractivity contribution is 7.98. The Morgan fingerprint density at radius 2 is 2.00 bits per heavy atom. The maximum atomic E-state index is 12.7. The van der Waals surface area contributed by atoms with Gasteiger partial charge >= 0.3 is 0 Å². The third kappa shape index (κ3) is 4.49. The van der Waals surface area contributed by atoms with E-state index in [1.165, 1.54) is 17.8 Å². The second-order valence-electron chi connectivity index (χ2n) is 5.61. The summed E-state index contributed by atoms with van der Waals surface area (Å²) in [6, 6.07) is 4.81. The molecule has 2 rings (SSSR count). The van der Waals surface area contributed by atoms with Gasteiger partial charge in [-0.15, -0.1) is 11.8 Å². The maximum absolute atomic E-state index is 12.7. The molecule has 128 valence electrons. The summed E-state index contributed by atoms with van der Waals surface area (Å²) < 4.78 is 27.3. The third-order valence-electron chi connectivity index (χ3n) is 3.93. The first kappa shape index (κ1) is 18.3. The molecule has 0 aliphatic carbocycles. The van der Waals surface area contributed by atoms with E-state index in [0.717, 1.165) is 43.7 Å². The lowest BCUT2D eigenvalue weighted by Crippen LogP contribution is -2.29. The number of nitrogens with zero attached hydrogens (tertiary/aromatic N) is 1. The van der Waals surface area contributed by atoms with Crippen molar-refractivity contribution < 1.29 is 13.2 Å². The molecule has 0 atom stereocenters. The van der Waals surface area contributed by atoms with Crippen molar-refractivity contribution in [3.05, 3.63) is 23.8 Å². The topological polar surface area (TPSA) is 66.5 Å². The largest absolute Gasteiger partial charge is 0.339 e. The molecule has 1 aromatic carbocycles. The van der Waals surface area contributed by atoms with E-state index in [9.17, 15) is 13.2 Å². The van der Waals surface area contributed by atoms with Gasteiger partial charge in [-0.2, -0.15) is 0 Å². The molecule has 1 aliphatic rings. The minimum atomic E-state index is -3.57. The van der Waals surface area contributed by atoms with Crippen LogP contribution in [0, 0.1) is 0 Å². The van der Waals surface area contributed by atoms with Crippen molar-refractivity contribution in [1.29, 1.82) is 0 Å². The molecule has 0 unspecified atom stereocenters. The predicted molar refractivity (Wildman–Crippen MR) is 93.5 cm³/mol. The molecule has 0 aromatic heterocycles. The number of carbonyl (C=O) groups excluding carboxylic acids is 1. The molecule has 1 saturated heterocycles. The van der Waals surface area contributed by atoms with Crippen molar-refractivity contribution in [1.82, 2.24) is 9.62 Å². The zero-order valence-corrected chi connectivity index (χ0v) is 15.3. The van der Waals surface area contributed by atoms with E-state index in [1.54, 1.807) is 17.0 Å². The van der Waals surface area contributed by atoms with Gasteiger partial charge in [-0.05, 0) is 43.7 Å². The molecule has 1 aliphatic heterocycles. The second-order valence-corrected chi connectivity index (χ2v) is 8.23. The smallest absolute Gasteiger partial charge is 0.255 e. The summed E-state index contributed by atoms with van der Waals surface area (Å²) >= 11 is 1.46. The minimum absolute atomic E-state index is 0.0718. The molecule has 0 radical (unpaired) electrons. The lowest BCUT2D eigenvalue weighted by atomic mass is 10.2. The van der Waals surface area contributed by atoms with E-state index >= 15 is 0 Å². The summed E-state index contributed by atoms with van der Waals surface area (Å²) in [6.07, 6.45) is 5.63. The first-order chi connectivity index (χ1) is 11.0. The lowest BCUT2D eigenvalue weighted by Gasteiger charge is -2.18. The van der Waals surface area contributed by atoms with Gasteiger partial charge in [0.25, 0.3) is 5.91 Å². The molecule has 1 amide bonds. The number of unbranched alkanes of at least 4 members (excludes halogenated alkanes) is 1. The Bertz CT molecular complexity index is 653. The number of hydrogen-bond acceptors (Lipinski definition) is 4. The number of rotatable bonds is 7. The third-order valence-corrected chi connectivity index (χ3v) is 6.18. The molecule has 0 saturated carbocycles. The fourth-order valence-corrected chi connectivity index (χ4v) is 4.25. The van der Waals surface area contributed by atoms with Gasteiger partial charge in [0.15, 0.2) is 0 Å². The van der Waals surface area contributed by atoms with Crippen molar-refractivity contribution >= 4 is 27.7 Å². The van der Waals surface area contributed by atoms with Crippen LogP contribution in [-0.4, -0.2) is 45.1 Å². The monoisotopic (exact) mass is 356 g/mol. The average Bonchev–Trinajstić information content (AvgIpc) is 3.08. The SMILES string of the molecule is CCCCNS(=O)(=O)c1ccc(SC)c(C(=O)N2CCCC2)c1. The number of amides is 1. The van der Waals surface area contributed by atoms with Crippen molar-refractivity contribution in [3.63, 3.8) is 0 Å². The van der Waals surface area contributed by atoms with Gasteiger partial charge in [0.2, 0.25) is 10.0 Å². The summed E-state index contributed by atoms with van der Waals surface area (Å²) in [7, 11) is -3.57. The van der Waals surface area contributed by atoms with Crippen LogP contribution in [0.25, 0.3) is 0 Å². The molecule has 23 heavy (non-hydrogen) atoms. The fraction of sp³-hybridized carbons (Fsp3) is 0.562. The van der Waals surface area contributed by atoms with Crippen molar-refractivity contribution in [3.8, 4) is 0 Å². The fourth-order valence-electron chi connectivity index (χ4n) is 2.58. The Balaban J connectivity index is 2.29. The first-order valence-electron chi connectivity index (χ1n) is 7.96. The molecule has 1 heterocycles. The highest BCUT2D eigenvalue weighted by atomic mass is 32.2. The van der Waals surface area contributed by atoms with Gasteiger partial charge in [-0.3, -0.25) is 4.79 Å². The van der Waals surface area contributed by atoms with Gasteiger partial charge < -0.3 is 4.90 Å². The number of sulfonamides is 1. The van der Waals surface area contributed by atoms with Gasteiger partial charge in [-0.1, -0.05) is 13.3 Å². The molecular weight excluding hydrogens is 332 g/mol. The lowest BCUT2D eigenvalue weighted by molar-refractivity contribution is 0.0789. The average molecular weight is 357 g/mol. The van der Waals surface area contributed by atoms with Gasteiger partial charge in [0.05, 0.1) is 10.5 Å². The molecular formula is C16H24N2O3S2. The summed E-state index contributed by atoms with van der Waals surface area (Å²) in [5, 5.41) is 0. The van der Waals surface area contributed by atoms with Crippen LogP contribution >= 0.6 is 11.8 Å². The Morgan fingerprint density at radius 1 is 1.30 bits per heavy atom. The van der Waals surface area contributed by atoms with Gasteiger partial charge in [0.1, 0.15) is 0 Å². The van der Waals surface area contributed by atoms with E-state index < -0.39 is 10.0 Å². The molecule has 1 aromatic rings.